The minimum absolute atomic E-state index is 0.00102. The summed E-state index contributed by atoms with van der Waals surface area (Å²) in [5.41, 5.74) is 3.07. The van der Waals surface area contributed by atoms with E-state index < -0.39 is 0 Å². The lowest BCUT2D eigenvalue weighted by molar-refractivity contribution is 0.270. The standard InChI is InChI=1S/C16H25BrO2/c1-15(2,3)10-16(4,5)13-6-7-14(19)12(9-18)11(13)8-17/h6-7,18-19H,8-10H2,1-5H3. The van der Waals surface area contributed by atoms with E-state index in [9.17, 15) is 10.2 Å². The van der Waals surface area contributed by atoms with E-state index in [4.69, 9.17) is 0 Å². The van der Waals surface area contributed by atoms with Crippen molar-refractivity contribution in [2.75, 3.05) is 0 Å². The van der Waals surface area contributed by atoms with Crippen LogP contribution in [0.4, 0.5) is 0 Å². The first-order valence-corrected chi connectivity index (χ1v) is 7.75. The van der Waals surface area contributed by atoms with Crippen molar-refractivity contribution in [3.63, 3.8) is 0 Å². The molecule has 0 saturated carbocycles. The number of rotatable bonds is 4. The Kier molecular flexibility index (Phi) is 5.08. The number of aliphatic hydroxyl groups excluding tert-OH is 1. The molecule has 19 heavy (non-hydrogen) atoms. The normalized spacial score (nSPS) is 12.8. The van der Waals surface area contributed by atoms with Crippen LogP contribution in [0.1, 0.15) is 57.7 Å². The van der Waals surface area contributed by atoms with Gasteiger partial charge in [-0.15, -0.1) is 0 Å². The smallest absolute Gasteiger partial charge is 0.121 e. The van der Waals surface area contributed by atoms with E-state index in [2.05, 4.69) is 50.5 Å². The molecule has 0 aliphatic rings. The number of hydrogen-bond acceptors (Lipinski definition) is 2. The van der Waals surface area contributed by atoms with Crippen LogP contribution >= 0.6 is 15.9 Å². The molecule has 0 aliphatic heterocycles. The largest absolute Gasteiger partial charge is 0.508 e. The second-order valence-corrected chi connectivity index (χ2v) is 7.56. The Bertz CT molecular complexity index is 445. The van der Waals surface area contributed by atoms with Gasteiger partial charge in [0, 0.05) is 10.9 Å². The Labute approximate surface area is 125 Å². The van der Waals surface area contributed by atoms with Crippen LogP contribution in [0.2, 0.25) is 0 Å². The first-order valence-electron chi connectivity index (χ1n) is 6.63. The van der Waals surface area contributed by atoms with E-state index in [0.717, 1.165) is 12.0 Å². The van der Waals surface area contributed by atoms with Crippen molar-refractivity contribution in [1.29, 1.82) is 0 Å². The number of phenols is 1. The zero-order valence-electron chi connectivity index (χ0n) is 12.5. The van der Waals surface area contributed by atoms with Gasteiger partial charge >= 0.3 is 0 Å². The molecule has 2 nitrogen and oxygen atoms in total. The van der Waals surface area contributed by atoms with Crippen LogP contribution in [0.3, 0.4) is 0 Å². The van der Waals surface area contributed by atoms with Gasteiger partial charge in [-0.05, 0) is 34.4 Å². The highest BCUT2D eigenvalue weighted by Crippen LogP contribution is 2.40. The fraction of sp³-hybridized carbons (Fsp3) is 0.625. The molecule has 0 heterocycles. The second-order valence-electron chi connectivity index (χ2n) is 7.00. The minimum atomic E-state index is -0.133. The maximum absolute atomic E-state index is 9.86. The van der Waals surface area contributed by atoms with Crippen molar-refractivity contribution >= 4 is 15.9 Å². The van der Waals surface area contributed by atoms with E-state index in [1.54, 1.807) is 6.07 Å². The molecular weight excluding hydrogens is 304 g/mol. The highest BCUT2D eigenvalue weighted by molar-refractivity contribution is 9.08. The quantitative estimate of drug-likeness (QED) is 0.799. The molecule has 0 aliphatic carbocycles. The van der Waals surface area contributed by atoms with Gasteiger partial charge in [-0.1, -0.05) is 56.6 Å². The Balaban J connectivity index is 3.34. The number of alkyl halides is 1. The molecular formula is C16H25BrO2. The lowest BCUT2D eigenvalue weighted by atomic mass is 9.70. The first kappa shape index (κ1) is 16.5. The third-order valence-corrected chi connectivity index (χ3v) is 3.96. The van der Waals surface area contributed by atoms with E-state index >= 15 is 0 Å². The van der Waals surface area contributed by atoms with Gasteiger partial charge in [-0.3, -0.25) is 0 Å². The van der Waals surface area contributed by atoms with E-state index in [0.29, 0.717) is 10.9 Å². The molecule has 0 amide bonds. The topological polar surface area (TPSA) is 40.5 Å². The van der Waals surface area contributed by atoms with Crippen LogP contribution < -0.4 is 0 Å². The third-order valence-electron chi connectivity index (χ3n) is 3.40. The van der Waals surface area contributed by atoms with Gasteiger partial charge in [0.05, 0.1) is 6.61 Å². The van der Waals surface area contributed by atoms with Crippen molar-refractivity contribution in [2.45, 2.75) is 58.4 Å². The molecule has 2 N–H and O–H groups in total. The summed E-state index contributed by atoms with van der Waals surface area (Å²) in [6.45, 7) is 11.0. The molecule has 0 fully saturated rings. The summed E-state index contributed by atoms with van der Waals surface area (Å²) in [7, 11) is 0. The predicted octanol–water partition coefficient (Wildman–Crippen LogP) is 4.49. The second kappa shape index (κ2) is 5.84. The van der Waals surface area contributed by atoms with Crippen LogP contribution in [-0.4, -0.2) is 10.2 Å². The lowest BCUT2D eigenvalue weighted by Crippen LogP contribution is -2.26. The van der Waals surface area contributed by atoms with Gasteiger partial charge in [0.1, 0.15) is 5.75 Å². The number of benzene rings is 1. The fourth-order valence-electron chi connectivity index (χ4n) is 3.06. The maximum atomic E-state index is 9.86. The molecule has 1 rings (SSSR count). The van der Waals surface area contributed by atoms with Crippen LogP contribution in [0, 0.1) is 5.41 Å². The van der Waals surface area contributed by atoms with Gasteiger partial charge < -0.3 is 10.2 Å². The summed E-state index contributed by atoms with van der Waals surface area (Å²) in [4.78, 5) is 0. The van der Waals surface area contributed by atoms with Crippen LogP contribution in [0.15, 0.2) is 12.1 Å². The Morgan fingerprint density at radius 1 is 1.05 bits per heavy atom. The van der Waals surface area contributed by atoms with Crippen molar-refractivity contribution in [1.82, 2.24) is 0 Å². The number of halogens is 1. The highest BCUT2D eigenvalue weighted by atomic mass is 79.9. The Morgan fingerprint density at radius 2 is 1.63 bits per heavy atom. The first-order chi connectivity index (χ1) is 8.62. The highest BCUT2D eigenvalue weighted by Gasteiger charge is 2.30. The van der Waals surface area contributed by atoms with Gasteiger partial charge in [-0.2, -0.15) is 0 Å². The zero-order chi connectivity index (χ0) is 14.8. The fourth-order valence-corrected chi connectivity index (χ4v) is 3.71. The number of hydrogen-bond donors (Lipinski definition) is 2. The van der Waals surface area contributed by atoms with Gasteiger partial charge in [0.2, 0.25) is 0 Å². The molecule has 0 atom stereocenters. The summed E-state index contributed by atoms with van der Waals surface area (Å²) >= 11 is 3.48. The van der Waals surface area contributed by atoms with Gasteiger partial charge in [-0.25, -0.2) is 0 Å². The monoisotopic (exact) mass is 328 g/mol. The van der Waals surface area contributed by atoms with E-state index in [1.807, 2.05) is 6.07 Å². The van der Waals surface area contributed by atoms with Gasteiger partial charge in [0.25, 0.3) is 0 Å². The van der Waals surface area contributed by atoms with E-state index in [1.165, 1.54) is 5.56 Å². The molecule has 3 heteroatoms. The summed E-state index contributed by atoms with van der Waals surface area (Å²) in [6, 6.07) is 3.67. The Morgan fingerprint density at radius 3 is 2.05 bits per heavy atom. The van der Waals surface area contributed by atoms with Crippen LogP contribution in [0.5, 0.6) is 5.75 Å². The Hall–Kier alpha value is -0.540. The summed E-state index contributed by atoms with van der Waals surface area (Å²) in [5.74, 6) is 0.173. The van der Waals surface area contributed by atoms with Crippen molar-refractivity contribution in [3.05, 3.63) is 28.8 Å². The third kappa shape index (κ3) is 3.96. The molecule has 1 aromatic carbocycles. The molecule has 108 valence electrons. The van der Waals surface area contributed by atoms with Crippen molar-refractivity contribution in [2.24, 2.45) is 5.41 Å². The lowest BCUT2D eigenvalue weighted by Gasteiger charge is -2.35. The minimum Gasteiger partial charge on any atom is -0.508 e. The molecule has 0 bridgehead atoms. The van der Waals surface area contributed by atoms with Crippen molar-refractivity contribution in [3.8, 4) is 5.75 Å². The van der Waals surface area contributed by atoms with Crippen LogP contribution in [-0.2, 0) is 17.4 Å². The average molecular weight is 329 g/mol. The number of aliphatic hydroxyl groups is 1. The van der Waals surface area contributed by atoms with E-state index in [-0.39, 0.29) is 23.2 Å². The summed E-state index contributed by atoms with van der Waals surface area (Å²) < 4.78 is 0. The predicted molar refractivity (Wildman–Crippen MR) is 83.8 cm³/mol. The van der Waals surface area contributed by atoms with Crippen molar-refractivity contribution < 1.29 is 10.2 Å². The zero-order valence-corrected chi connectivity index (χ0v) is 14.1. The molecule has 0 unspecified atom stereocenters. The summed E-state index contributed by atoms with van der Waals surface area (Å²) in [5, 5.41) is 20.0. The average Bonchev–Trinajstić information content (AvgIpc) is 2.24. The molecule has 0 spiro atoms. The number of aromatic hydroxyl groups is 1. The summed E-state index contributed by atoms with van der Waals surface area (Å²) in [6.07, 6.45) is 1.04. The van der Waals surface area contributed by atoms with Crippen LogP contribution in [0.25, 0.3) is 0 Å². The van der Waals surface area contributed by atoms with Gasteiger partial charge in [0.15, 0.2) is 0 Å². The molecule has 1 aromatic rings. The molecule has 0 aromatic heterocycles. The molecule has 0 radical (unpaired) electrons. The SMILES string of the molecule is CC(C)(C)CC(C)(C)c1ccc(O)c(CO)c1CBr. The maximum Gasteiger partial charge on any atom is 0.121 e. The molecule has 0 saturated heterocycles.